The van der Waals surface area contributed by atoms with Crippen LogP contribution in [0.4, 0.5) is 10.1 Å². The molecule has 1 fully saturated rings. The van der Waals surface area contributed by atoms with Crippen molar-refractivity contribution in [2.45, 2.75) is 13.3 Å². The molecule has 0 aromatic heterocycles. The number of nitriles is 1. The van der Waals surface area contributed by atoms with Gasteiger partial charge in [-0.05, 0) is 37.6 Å². The van der Waals surface area contributed by atoms with Gasteiger partial charge in [-0.2, -0.15) is 5.26 Å². The molecular formula is C14H18FN3. The zero-order valence-corrected chi connectivity index (χ0v) is 10.6. The molecule has 2 rings (SSSR count). The topological polar surface area (TPSA) is 39.1 Å². The Morgan fingerprint density at radius 1 is 1.56 bits per heavy atom. The molecule has 0 saturated carbocycles. The van der Waals surface area contributed by atoms with E-state index in [-0.39, 0.29) is 5.56 Å². The Bertz CT molecular complexity index is 453. The minimum atomic E-state index is -0.455. The van der Waals surface area contributed by atoms with Crippen molar-refractivity contribution < 1.29 is 4.39 Å². The standard InChI is InChI=1S/C14H18FN3/c1-2-18-7-6-11(10-18)9-17-14-5-3-4-13(15)12(14)8-16/h3-5,11,17H,2,6-7,9-10H2,1H3. The van der Waals surface area contributed by atoms with Crippen LogP contribution >= 0.6 is 0 Å². The largest absolute Gasteiger partial charge is 0.384 e. The van der Waals surface area contributed by atoms with Gasteiger partial charge in [-0.1, -0.05) is 13.0 Å². The number of anilines is 1. The summed E-state index contributed by atoms with van der Waals surface area (Å²) in [6.45, 7) is 6.27. The molecule has 1 aliphatic heterocycles. The Balaban J connectivity index is 1.95. The third-order valence-corrected chi connectivity index (χ3v) is 3.52. The van der Waals surface area contributed by atoms with Crippen LogP contribution in [0.2, 0.25) is 0 Å². The van der Waals surface area contributed by atoms with Crippen LogP contribution in [0.1, 0.15) is 18.9 Å². The minimum absolute atomic E-state index is 0.114. The monoisotopic (exact) mass is 247 g/mol. The number of benzene rings is 1. The number of rotatable bonds is 4. The number of hydrogen-bond acceptors (Lipinski definition) is 3. The van der Waals surface area contributed by atoms with Gasteiger partial charge in [0.2, 0.25) is 0 Å². The Morgan fingerprint density at radius 2 is 2.39 bits per heavy atom. The molecule has 1 saturated heterocycles. The SMILES string of the molecule is CCN1CCC(CNc2cccc(F)c2C#N)C1. The molecule has 0 bridgehead atoms. The first-order valence-electron chi connectivity index (χ1n) is 6.39. The van der Waals surface area contributed by atoms with Crippen LogP contribution in [0.5, 0.6) is 0 Å². The highest BCUT2D eigenvalue weighted by molar-refractivity contribution is 5.57. The second-order valence-corrected chi connectivity index (χ2v) is 4.70. The zero-order chi connectivity index (χ0) is 13.0. The van der Waals surface area contributed by atoms with E-state index in [1.807, 2.05) is 6.07 Å². The normalized spacial score (nSPS) is 19.7. The molecule has 4 heteroatoms. The smallest absolute Gasteiger partial charge is 0.143 e. The van der Waals surface area contributed by atoms with Gasteiger partial charge >= 0.3 is 0 Å². The Hall–Kier alpha value is -1.60. The summed E-state index contributed by atoms with van der Waals surface area (Å²) < 4.78 is 13.4. The molecule has 1 unspecified atom stereocenters. The van der Waals surface area contributed by atoms with Crippen LogP contribution < -0.4 is 5.32 Å². The average Bonchev–Trinajstić information content (AvgIpc) is 2.84. The molecule has 1 atom stereocenters. The number of likely N-dealkylation sites (tertiary alicyclic amines) is 1. The first kappa shape index (κ1) is 12.8. The van der Waals surface area contributed by atoms with Crippen molar-refractivity contribution in [1.29, 1.82) is 5.26 Å². The Kier molecular flexibility index (Phi) is 4.16. The predicted molar refractivity (Wildman–Crippen MR) is 69.8 cm³/mol. The first-order valence-corrected chi connectivity index (χ1v) is 6.39. The third kappa shape index (κ3) is 2.80. The molecule has 0 aliphatic carbocycles. The fourth-order valence-electron chi connectivity index (χ4n) is 2.41. The van der Waals surface area contributed by atoms with E-state index >= 15 is 0 Å². The number of hydrogen-bond donors (Lipinski definition) is 1. The van der Waals surface area contributed by atoms with Crippen molar-refractivity contribution in [3.63, 3.8) is 0 Å². The number of nitrogens with zero attached hydrogens (tertiary/aromatic N) is 2. The van der Waals surface area contributed by atoms with Gasteiger partial charge in [0, 0.05) is 13.1 Å². The van der Waals surface area contributed by atoms with Crippen molar-refractivity contribution >= 4 is 5.69 Å². The molecule has 0 radical (unpaired) electrons. The van der Waals surface area contributed by atoms with E-state index in [9.17, 15) is 4.39 Å². The molecule has 18 heavy (non-hydrogen) atoms. The molecule has 0 spiro atoms. The zero-order valence-electron chi connectivity index (χ0n) is 10.6. The molecule has 1 heterocycles. The summed E-state index contributed by atoms with van der Waals surface area (Å²) in [5.74, 6) is 0.129. The number of nitrogens with one attached hydrogen (secondary N) is 1. The van der Waals surface area contributed by atoms with Crippen molar-refractivity contribution in [2.75, 3.05) is 31.5 Å². The first-order chi connectivity index (χ1) is 8.74. The van der Waals surface area contributed by atoms with Gasteiger partial charge in [0.1, 0.15) is 17.4 Å². The van der Waals surface area contributed by atoms with Crippen LogP contribution in [-0.2, 0) is 0 Å². The summed E-state index contributed by atoms with van der Waals surface area (Å²) >= 11 is 0. The summed E-state index contributed by atoms with van der Waals surface area (Å²) in [6.07, 6.45) is 1.16. The van der Waals surface area contributed by atoms with Gasteiger partial charge in [0.25, 0.3) is 0 Å². The molecular weight excluding hydrogens is 229 g/mol. The van der Waals surface area contributed by atoms with E-state index in [0.29, 0.717) is 11.6 Å². The lowest BCUT2D eigenvalue weighted by atomic mass is 10.1. The highest BCUT2D eigenvalue weighted by Crippen LogP contribution is 2.20. The summed E-state index contributed by atoms with van der Waals surface area (Å²) in [5.41, 5.74) is 0.718. The average molecular weight is 247 g/mol. The van der Waals surface area contributed by atoms with Gasteiger partial charge < -0.3 is 10.2 Å². The summed E-state index contributed by atoms with van der Waals surface area (Å²) in [6, 6.07) is 6.62. The molecule has 1 aromatic rings. The van der Waals surface area contributed by atoms with Crippen molar-refractivity contribution in [3.8, 4) is 6.07 Å². The molecule has 96 valence electrons. The lowest BCUT2D eigenvalue weighted by Crippen LogP contribution is -2.22. The van der Waals surface area contributed by atoms with E-state index in [0.717, 1.165) is 32.6 Å². The summed E-state index contributed by atoms with van der Waals surface area (Å²) in [7, 11) is 0. The minimum Gasteiger partial charge on any atom is -0.384 e. The second-order valence-electron chi connectivity index (χ2n) is 4.70. The van der Waals surface area contributed by atoms with Gasteiger partial charge in [-0.3, -0.25) is 0 Å². The van der Waals surface area contributed by atoms with Crippen LogP contribution in [0.15, 0.2) is 18.2 Å². The van der Waals surface area contributed by atoms with Gasteiger partial charge in [0.15, 0.2) is 0 Å². The summed E-state index contributed by atoms with van der Waals surface area (Å²) in [4.78, 5) is 2.41. The van der Waals surface area contributed by atoms with Crippen LogP contribution in [0.25, 0.3) is 0 Å². The van der Waals surface area contributed by atoms with Gasteiger partial charge in [-0.25, -0.2) is 4.39 Å². The van der Waals surface area contributed by atoms with E-state index in [4.69, 9.17) is 5.26 Å². The van der Waals surface area contributed by atoms with E-state index in [2.05, 4.69) is 17.1 Å². The van der Waals surface area contributed by atoms with Crippen molar-refractivity contribution in [1.82, 2.24) is 4.90 Å². The second kappa shape index (κ2) is 5.83. The van der Waals surface area contributed by atoms with Crippen LogP contribution in [0.3, 0.4) is 0 Å². The maximum Gasteiger partial charge on any atom is 0.143 e. The molecule has 1 aromatic carbocycles. The molecule has 1 N–H and O–H groups in total. The van der Waals surface area contributed by atoms with E-state index in [1.165, 1.54) is 6.07 Å². The lowest BCUT2D eigenvalue weighted by Gasteiger charge is -2.15. The quantitative estimate of drug-likeness (QED) is 0.888. The van der Waals surface area contributed by atoms with E-state index < -0.39 is 5.82 Å². The Labute approximate surface area is 107 Å². The number of halogens is 1. The fraction of sp³-hybridized carbons (Fsp3) is 0.500. The lowest BCUT2D eigenvalue weighted by molar-refractivity contribution is 0.345. The van der Waals surface area contributed by atoms with Crippen molar-refractivity contribution in [3.05, 3.63) is 29.6 Å². The van der Waals surface area contributed by atoms with Crippen molar-refractivity contribution in [2.24, 2.45) is 5.92 Å². The predicted octanol–water partition coefficient (Wildman–Crippen LogP) is 2.45. The van der Waals surface area contributed by atoms with E-state index in [1.54, 1.807) is 12.1 Å². The van der Waals surface area contributed by atoms with Crippen LogP contribution in [0, 0.1) is 23.1 Å². The highest BCUT2D eigenvalue weighted by atomic mass is 19.1. The maximum absolute atomic E-state index is 13.4. The van der Waals surface area contributed by atoms with Crippen LogP contribution in [-0.4, -0.2) is 31.1 Å². The third-order valence-electron chi connectivity index (χ3n) is 3.52. The maximum atomic E-state index is 13.4. The Morgan fingerprint density at radius 3 is 3.06 bits per heavy atom. The molecule has 3 nitrogen and oxygen atoms in total. The van der Waals surface area contributed by atoms with Gasteiger partial charge in [0.05, 0.1) is 5.69 Å². The summed E-state index contributed by atoms with van der Waals surface area (Å²) in [5, 5.41) is 12.1. The molecule has 0 amide bonds. The molecule has 1 aliphatic rings. The fourth-order valence-corrected chi connectivity index (χ4v) is 2.41. The highest BCUT2D eigenvalue weighted by Gasteiger charge is 2.21. The van der Waals surface area contributed by atoms with Gasteiger partial charge in [-0.15, -0.1) is 0 Å².